The van der Waals surface area contributed by atoms with Gasteiger partial charge in [0.15, 0.2) is 23.2 Å². The molecule has 1 aliphatic carbocycles. The van der Waals surface area contributed by atoms with E-state index in [2.05, 4.69) is 24.5 Å². The average molecular weight is 505 g/mol. The van der Waals surface area contributed by atoms with Crippen LogP contribution >= 0.6 is 0 Å². The first-order valence-corrected chi connectivity index (χ1v) is 11.6. The molecular weight excluding hydrogens is 472 g/mol. The number of methoxy groups -OCH3 is 1. The molecule has 0 spiro atoms. The number of phenols is 1. The van der Waals surface area contributed by atoms with Gasteiger partial charge in [-0.1, -0.05) is 43.5 Å². The highest BCUT2D eigenvalue weighted by atomic mass is 19.2. The first-order valence-electron chi connectivity index (χ1n) is 11.6. The van der Waals surface area contributed by atoms with Crippen molar-refractivity contribution in [1.82, 2.24) is 0 Å². The zero-order valence-electron chi connectivity index (χ0n) is 20.6. The summed E-state index contributed by atoms with van der Waals surface area (Å²) in [5.41, 5.74) is 0.937. The monoisotopic (exact) mass is 504 g/mol. The third kappa shape index (κ3) is 7.26. The largest absolute Gasteiger partial charge is 0.508 e. The Morgan fingerprint density at radius 1 is 0.944 bits per heavy atom. The van der Waals surface area contributed by atoms with Crippen LogP contribution in [0.2, 0.25) is 0 Å². The molecular formula is C29H32F4O3. The van der Waals surface area contributed by atoms with Crippen LogP contribution in [0.15, 0.2) is 85.4 Å². The molecule has 1 fully saturated rings. The number of benzene rings is 2. The molecule has 194 valence electrons. The van der Waals surface area contributed by atoms with Crippen LogP contribution < -0.4 is 0 Å². The van der Waals surface area contributed by atoms with E-state index in [0.29, 0.717) is 36.8 Å². The molecule has 7 heteroatoms. The van der Waals surface area contributed by atoms with Crippen LogP contribution in [0.5, 0.6) is 5.75 Å². The van der Waals surface area contributed by atoms with E-state index in [1.807, 2.05) is 6.92 Å². The fraction of sp³-hybridized carbons (Fsp3) is 0.310. The summed E-state index contributed by atoms with van der Waals surface area (Å²) in [5.74, 6) is -5.24. The lowest BCUT2D eigenvalue weighted by Gasteiger charge is -2.29. The lowest BCUT2D eigenvalue weighted by Crippen LogP contribution is -2.19. The summed E-state index contributed by atoms with van der Waals surface area (Å²) >= 11 is 0. The topological polar surface area (TPSA) is 38.7 Å². The molecule has 0 aromatic heterocycles. The standard InChI is InChI=1S/C26H26F4O3.C3H6/c1-15(32-3)23(27)24(28)16(2)33-14-17-4-6-18(7-5-17)21-12-13-22(26(30)25(21)29)19-8-10-20(31)11-9-19;1-3-2/h8-13,17-18,31H,1-2,4-7,14H2,3H3;3H,1H2,2H3/b24-23-;. The van der Waals surface area contributed by atoms with E-state index in [0.717, 1.165) is 0 Å². The molecule has 0 unspecified atom stereocenters. The highest BCUT2D eigenvalue weighted by molar-refractivity contribution is 5.65. The lowest BCUT2D eigenvalue weighted by atomic mass is 9.78. The van der Waals surface area contributed by atoms with E-state index in [-0.39, 0.29) is 29.8 Å². The Bertz CT molecular complexity index is 1100. The predicted octanol–water partition coefficient (Wildman–Crippen LogP) is 8.64. The maximum Gasteiger partial charge on any atom is 0.203 e. The average Bonchev–Trinajstić information content (AvgIpc) is 2.89. The smallest absolute Gasteiger partial charge is 0.203 e. The molecule has 0 heterocycles. The molecule has 3 rings (SSSR count). The Labute approximate surface area is 210 Å². The fourth-order valence-corrected chi connectivity index (χ4v) is 4.00. The van der Waals surface area contributed by atoms with Crippen LogP contribution in [0.1, 0.15) is 44.1 Å². The summed E-state index contributed by atoms with van der Waals surface area (Å²) in [6, 6.07) is 9.05. The first kappa shape index (κ1) is 28.8. The molecule has 1 aliphatic rings. The maximum atomic E-state index is 14.9. The molecule has 0 radical (unpaired) electrons. The van der Waals surface area contributed by atoms with Gasteiger partial charge in [0.1, 0.15) is 5.75 Å². The van der Waals surface area contributed by atoms with Crippen molar-refractivity contribution in [2.24, 2.45) is 5.92 Å². The molecule has 0 amide bonds. The van der Waals surface area contributed by atoms with Crippen LogP contribution in [0.25, 0.3) is 11.1 Å². The van der Waals surface area contributed by atoms with Gasteiger partial charge in [-0.05, 0) is 67.7 Å². The van der Waals surface area contributed by atoms with Gasteiger partial charge in [-0.3, -0.25) is 0 Å². The zero-order chi connectivity index (χ0) is 26.8. The van der Waals surface area contributed by atoms with E-state index in [4.69, 9.17) is 4.74 Å². The van der Waals surface area contributed by atoms with Crippen LogP contribution in [0.4, 0.5) is 17.6 Å². The third-order valence-electron chi connectivity index (χ3n) is 6.00. The molecule has 2 aromatic carbocycles. The van der Waals surface area contributed by atoms with Crippen molar-refractivity contribution in [2.75, 3.05) is 13.7 Å². The Kier molecular flexibility index (Phi) is 10.8. The minimum atomic E-state index is -1.26. The van der Waals surface area contributed by atoms with Gasteiger partial charge in [-0.15, -0.1) is 6.58 Å². The molecule has 1 saturated carbocycles. The minimum absolute atomic E-state index is 0.0462. The normalized spacial score (nSPS) is 17.7. The number of phenolic OH excluding ortho intramolecular Hbond substituents is 1. The minimum Gasteiger partial charge on any atom is -0.508 e. The molecule has 0 atom stereocenters. The molecule has 0 saturated heterocycles. The first-order chi connectivity index (χ1) is 17.1. The number of hydrogen-bond acceptors (Lipinski definition) is 3. The number of aromatic hydroxyl groups is 1. The van der Waals surface area contributed by atoms with Gasteiger partial charge in [-0.25, -0.2) is 8.78 Å². The number of ether oxygens (including phenoxy) is 2. The van der Waals surface area contributed by atoms with Crippen molar-refractivity contribution in [2.45, 2.75) is 38.5 Å². The van der Waals surface area contributed by atoms with Crippen molar-refractivity contribution in [3.63, 3.8) is 0 Å². The second-order valence-corrected chi connectivity index (χ2v) is 8.49. The molecule has 0 aliphatic heterocycles. The van der Waals surface area contributed by atoms with Gasteiger partial charge >= 0.3 is 0 Å². The van der Waals surface area contributed by atoms with Gasteiger partial charge in [0.2, 0.25) is 11.7 Å². The summed E-state index contributed by atoms with van der Waals surface area (Å²) in [6.07, 6.45) is 4.31. The van der Waals surface area contributed by atoms with E-state index < -0.39 is 34.8 Å². The number of allylic oxidation sites excluding steroid dienone is 3. The quantitative estimate of drug-likeness (QED) is 0.169. The van der Waals surface area contributed by atoms with Crippen LogP contribution in [-0.2, 0) is 9.47 Å². The van der Waals surface area contributed by atoms with Crippen molar-refractivity contribution in [3.05, 3.63) is 103 Å². The molecule has 0 bridgehead atoms. The third-order valence-corrected chi connectivity index (χ3v) is 6.00. The van der Waals surface area contributed by atoms with Crippen molar-refractivity contribution >= 4 is 0 Å². The van der Waals surface area contributed by atoms with Crippen molar-refractivity contribution < 1.29 is 32.1 Å². The van der Waals surface area contributed by atoms with Gasteiger partial charge in [0.05, 0.1) is 13.7 Å². The Morgan fingerprint density at radius 2 is 1.50 bits per heavy atom. The summed E-state index contributed by atoms with van der Waals surface area (Å²) in [4.78, 5) is 0. The molecule has 36 heavy (non-hydrogen) atoms. The molecule has 2 aromatic rings. The fourth-order valence-electron chi connectivity index (χ4n) is 4.00. The number of rotatable bonds is 8. The van der Waals surface area contributed by atoms with Crippen LogP contribution in [0.3, 0.4) is 0 Å². The predicted molar refractivity (Wildman–Crippen MR) is 135 cm³/mol. The van der Waals surface area contributed by atoms with E-state index >= 15 is 0 Å². The van der Waals surface area contributed by atoms with Crippen LogP contribution in [-0.4, -0.2) is 18.8 Å². The second-order valence-electron chi connectivity index (χ2n) is 8.49. The maximum absolute atomic E-state index is 14.9. The zero-order valence-corrected chi connectivity index (χ0v) is 20.6. The second kappa shape index (κ2) is 13.6. The number of hydrogen-bond donors (Lipinski definition) is 1. The highest BCUT2D eigenvalue weighted by Gasteiger charge is 2.27. The SMILES string of the molecule is C=C(OC)/C(F)=C(/F)C(=C)OCC1CCC(c2ccc(-c3ccc(O)cc3)c(F)c2F)CC1.C=CC. The molecule has 1 N–H and O–H groups in total. The van der Waals surface area contributed by atoms with Crippen molar-refractivity contribution in [1.29, 1.82) is 0 Å². The van der Waals surface area contributed by atoms with Gasteiger partial charge < -0.3 is 14.6 Å². The van der Waals surface area contributed by atoms with Crippen LogP contribution in [0, 0.1) is 17.6 Å². The summed E-state index contributed by atoms with van der Waals surface area (Å²) in [5, 5.41) is 9.39. The Morgan fingerprint density at radius 3 is 2.06 bits per heavy atom. The summed E-state index contributed by atoms with van der Waals surface area (Å²) in [7, 11) is 1.17. The van der Waals surface area contributed by atoms with Crippen molar-refractivity contribution in [3.8, 4) is 16.9 Å². The van der Waals surface area contributed by atoms with E-state index in [1.165, 1.54) is 31.4 Å². The summed E-state index contributed by atoms with van der Waals surface area (Å²) in [6.45, 7) is 12.0. The summed E-state index contributed by atoms with van der Waals surface area (Å²) < 4.78 is 67.2. The highest BCUT2D eigenvalue weighted by Crippen LogP contribution is 2.39. The Hall–Kier alpha value is -3.48. The van der Waals surface area contributed by atoms with Gasteiger partial charge in [0, 0.05) is 5.56 Å². The van der Waals surface area contributed by atoms with E-state index in [9.17, 15) is 22.7 Å². The lowest BCUT2D eigenvalue weighted by molar-refractivity contribution is 0.135. The van der Waals surface area contributed by atoms with Gasteiger partial charge in [0.25, 0.3) is 0 Å². The van der Waals surface area contributed by atoms with E-state index in [1.54, 1.807) is 18.2 Å². The molecule has 3 nitrogen and oxygen atoms in total. The number of halogens is 4. The van der Waals surface area contributed by atoms with Gasteiger partial charge in [-0.2, -0.15) is 8.78 Å². The Balaban J connectivity index is 0.00000145.